The van der Waals surface area contributed by atoms with E-state index in [1.165, 1.54) is 47.7 Å². The van der Waals surface area contributed by atoms with Crippen molar-refractivity contribution >= 4 is 47.0 Å². The SMILES string of the molecule is CON=C(C(=O)NC1C(=O)N2CC(CSc3nnnn3CCN(C)C)(C(=O)O)CS[C@H]12)c1cccc(O)c1. The van der Waals surface area contributed by atoms with Crippen LogP contribution in [0.5, 0.6) is 5.75 Å². The van der Waals surface area contributed by atoms with Gasteiger partial charge in [0.2, 0.25) is 11.1 Å². The van der Waals surface area contributed by atoms with Crippen molar-refractivity contribution < 1.29 is 29.4 Å². The molecule has 2 aromatic rings. The Balaban J connectivity index is 1.41. The minimum atomic E-state index is -1.21. The number of amides is 2. The van der Waals surface area contributed by atoms with Gasteiger partial charge in [0.25, 0.3) is 5.91 Å². The largest absolute Gasteiger partial charge is 0.508 e. The minimum absolute atomic E-state index is 0.00302. The number of carboxylic acid groups (broad SMARTS) is 1. The molecule has 3 heterocycles. The summed E-state index contributed by atoms with van der Waals surface area (Å²) < 4.78 is 1.63. The van der Waals surface area contributed by atoms with Gasteiger partial charge in [0.1, 0.15) is 29.7 Å². The van der Waals surface area contributed by atoms with E-state index in [0.29, 0.717) is 17.3 Å². The third-order valence-corrected chi connectivity index (χ3v) is 8.97. The maximum Gasteiger partial charge on any atom is 0.313 e. The lowest BCUT2D eigenvalue weighted by molar-refractivity contribution is -0.157. The Morgan fingerprint density at radius 2 is 2.18 bits per heavy atom. The van der Waals surface area contributed by atoms with Crippen molar-refractivity contribution in [2.24, 2.45) is 10.6 Å². The molecule has 0 saturated carbocycles. The Morgan fingerprint density at radius 3 is 2.87 bits per heavy atom. The van der Waals surface area contributed by atoms with Crippen molar-refractivity contribution in [2.45, 2.75) is 23.1 Å². The molecule has 204 valence electrons. The fraction of sp³-hybridized carbons (Fsp3) is 0.500. The van der Waals surface area contributed by atoms with Crippen LogP contribution in [0.15, 0.2) is 34.6 Å². The molecule has 0 spiro atoms. The molecule has 0 bridgehead atoms. The van der Waals surface area contributed by atoms with Gasteiger partial charge in [0.05, 0.1) is 6.54 Å². The van der Waals surface area contributed by atoms with Crippen LogP contribution in [-0.2, 0) is 25.8 Å². The number of carbonyl (C=O) groups is 3. The normalized spacial score (nSPS) is 23.1. The molecule has 2 aliphatic rings. The van der Waals surface area contributed by atoms with E-state index in [1.807, 2.05) is 19.0 Å². The van der Waals surface area contributed by atoms with E-state index >= 15 is 0 Å². The summed E-state index contributed by atoms with van der Waals surface area (Å²) in [6, 6.07) is 5.11. The molecule has 1 aromatic carbocycles. The van der Waals surface area contributed by atoms with Gasteiger partial charge in [-0.05, 0) is 36.7 Å². The number of phenolic OH excluding ortho intramolecular Hbond substituents is 1. The Kier molecular flexibility index (Phi) is 8.42. The molecule has 0 aliphatic carbocycles. The van der Waals surface area contributed by atoms with Gasteiger partial charge in [0.15, 0.2) is 5.71 Å². The van der Waals surface area contributed by atoms with Crippen molar-refractivity contribution in [2.75, 3.05) is 45.8 Å². The highest BCUT2D eigenvalue weighted by molar-refractivity contribution is 8.00. The number of tetrazole rings is 1. The average molecular weight is 565 g/mol. The smallest absolute Gasteiger partial charge is 0.313 e. The molecular formula is C22H28N8O6S2. The number of carboxylic acids is 1. The molecule has 1 aromatic heterocycles. The summed E-state index contributed by atoms with van der Waals surface area (Å²) in [5.41, 5.74) is -0.989. The molecule has 0 radical (unpaired) electrons. The summed E-state index contributed by atoms with van der Waals surface area (Å²) in [6.45, 7) is 1.28. The van der Waals surface area contributed by atoms with Crippen LogP contribution < -0.4 is 5.32 Å². The topological polar surface area (TPSA) is 175 Å². The van der Waals surface area contributed by atoms with E-state index in [4.69, 9.17) is 4.84 Å². The third kappa shape index (κ3) is 5.71. The Bertz CT molecular complexity index is 1240. The van der Waals surface area contributed by atoms with Crippen molar-refractivity contribution in [3.63, 3.8) is 0 Å². The molecule has 4 rings (SSSR count). The molecule has 2 unspecified atom stereocenters. The zero-order chi connectivity index (χ0) is 27.4. The van der Waals surface area contributed by atoms with E-state index in [9.17, 15) is 24.6 Å². The number of likely N-dealkylation sites (N-methyl/N-ethyl adjacent to an activating group) is 1. The number of thioether (sulfide) groups is 2. The first-order chi connectivity index (χ1) is 18.1. The summed E-state index contributed by atoms with van der Waals surface area (Å²) >= 11 is 2.54. The number of hydrogen-bond donors (Lipinski definition) is 3. The van der Waals surface area contributed by atoms with Crippen LogP contribution >= 0.6 is 23.5 Å². The van der Waals surface area contributed by atoms with Gasteiger partial charge in [-0.25, -0.2) is 4.68 Å². The number of aromatic hydroxyl groups is 1. The highest BCUT2D eigenvalue weighted by Crippen LogP contribution is 2.44. The van der Waals surface area contributed by atoms with Gasteiger partial charge in [-0.15, -0.1) is 16.9 Å². The van der Waals surface area contributed by atoms with E-state index < -0.39 is 28.7 Å². The van der Waals surface area contributed by atoms with Gasteiger partial charge in [-0.1, -0.05) is 29.1 Å². The first kappa shape index (κ1) is 27.7. The summed E-state index contributed by atoms with van der Waals surface area (Å²) in [4.78, 5) is 46.6. The number of hydrogen-bond acceptors (Lipinski definition) is 12. The number of β-lactam (4-membered cyclic amide) rings is 1. The van der Waals surface area contributed by atoms with Gasteiger partial charge in [-0.2, -0.15) is 0 Å². The predicted molar refractivity (Wildman–Crippen MR) is 139 cm³/mol. The molecule has 2 amide bonds. The van der Waals surface area contributed by atoms with Crippen LogP contribution in [0.3, 0.4) is 0 Å². The Morgan fingerprint density at radius 1 is 1.39 bits per heavy atom. The maximum atomic E-state index is 13.0. The number of nitrogens with zero attached hydrogens (tertiary/aromatic N) is 7. The summed E-state index contributed by atoms with van der Waals surface area (Å²) in [5.74, 6) is -1.68. The number of fused-ring (bicyclic) bond motifs is 1. The summed E-state index contributed by atoms with van der Waals surface area (Å²) in [5, 5.41) is 38.1. The molecule has 16 heteroatoms. The second kappa shape index (κ2) is 11.6. The summed E-state index contributed by atoms with van der Waals surface area (Å²) in [6.07, 6.45) is 0. The lowest BCUT2D eigenvalue weighted by atomic mass is 9.89. The van der Waals surface area contributed by atoms with Crippen LogP contribution in [0.4, 0.5) is 0 Å². The number of benzene rings is 1. The van der Waals surface area contributed by atoms with Crippen molar-refractivity contribution in [3.05, 3.63) is 29.8 Å². The van der Waals surface area contributed by atoms with Crippen molar-refractivity contribution in [1.82, 2.24) is 35.3 Å². The minimum Gasteiger partial charge on any atom is -0.508 e. The highest BCUT2D eigenvalue weighted by Gasteiger charge is 2.57. The number of oxime groups is 1. The fourth-order valence-corrected chi connectivity index (χ4v) is 6.79. The number of rotatable bonds is 11. The average Bonchev–Trinajstić information content (AvgIpc) is 3.35. The molecule has 14 nitrogen and oxygen atoms in total. The monoisotopic (exact) mass is 564 g/mol. The summed E-state index contributed by atoms with van der Waals surface area (Å²) in [7, 11) is 5.15. The van der Waals surface area contributed by atoms with E-state index in [1.54, 1.807) is 16.8 Å². The number of nitrogens with one attached hydrogen (secondary N) is 1. The zero-order valence-corrected chi connectivity index (χ0v) is 22.6. The standard InChI is InChI=1S/C22H28N8O6S2/c1-28(2)7-8-30-21(24-26-27-30)38-12-22(20(34)35)10-29-18(33)16(19(29)37-11-22)23-17(32)15(25-36-3)13-5-4-6-14(31)9-13/h4-6,9,16,19,31H,7-8,10-12H2,1-3H3,(H,23,32)(H,34,35)/t16?,19-,22?/m1/s1. The quantitative estimate of drug-likeness (QED) is 0.139. The molecule has 2 aliphatic heterocycles. The lowest BCUT2D eigenvalue weighted by Crippen LogP contribution is -2.74. The first-order valence-corrected chi connectivity index (χ1v) is 13.6. The van der Waals surface area contributed by atoms with Gasteiger partial charge >= 0.3 is 5.97 Å². The zero-order valence-electron chi connectivity index (χ0n) is 21.0. The second-order valence-electron chi connectivity index (χ2n) is 9.15. The number of carbonyl (C=O) groups excluding carboxylic acids is 2. The number of aromatic nitrogens is 4. The van der Waals surface area contributed by atoms with E-state index in [-0.39, 0.29) is 35.4 Å². The number of phenols is 1. The molecule has 2 saturated heterocycles. The second-order valence-corrected chi connectivity index (χ2v) is 11.2. The van der Waals surface area contributed by atoms with Crippen molar-refractivity contribution in [1.29, 1.82) is 0 Å². The molecular weight excluding hydrogens is 536 g/mol. The first-order valence-electron chi connectivity index (χ1n) is 11.6. The Hall–Kier alpha value is -3.37. The van der Waals surface area contributed by atoms with Crippen LogP contribution in [0.2, 0.25) is 0 Å². The molecule has 3 atom stereocenters. The third-order valence-electron chi connectivity index (χ3n) is 6.14. The van der Waals surface area contributed by atoms with Crippen molar-refractivity contribution in [3.8, 4) is 5.75 Å². The van der Waals surface area contributed by atoms with Gasteiger partial charge < -0.3 is 30.2 Å². The van der Waals surface area contributed by atoms with Crippen LogP contribution in [0.25, 0.3) is 0 Å². The fourth-order valence-electron chi connectivity index (χ4n) is 4.02. The van der Waals surface area contributed by atoms with Gasteiger partial charge in [0, 0.05) is 30.2 Å². The predicted octanol–water partition coefficient (Wildman–Crippen LogP) is -0.446. The van der Waals surface area contributed by atoms with E-state index in [0.717, 1.165) is 6.54 Å². The Labute approximate surface area is 226 Å². The van der Waals surface area contributed by atoms with E-state index in [2.05, 4.69) is 26.0 Å². The molecule has 3 N–H and O–H groups in total. The molecule has 38 heavy (non-hydrogen) atoms. The molecule has 2 fully saturated rings. The van der Waals surface area contributed by atoms with Crippen LogP contribution in [0.1, 0.15) is 5.56 Å². The van der Waals surface area contributed by atoms with Crippen LogP contribution in [0, 0.1) is 5.41 Å². The maximum absolute atomic E-state index is 13.0. The number of aliphatic carboxylic acids is 1. The van der Waals surface area contributed by atoms with Crippen LogP contribution in [-0.4, -0.2) is 121 Å². The lowest BCUT2D eigenvalue weighted by Gasteiger charge is -2.53. The highest BCUT2D eigenvalue weighted by atomic mass is 32.2. The van der Waals surface area contributed by atoms with Gasteiger partial charge in [-0.3, -0.25) is 14.4 Å².